The molecule has 5 rings (SSSR count). The van der Waals surface area contributed by atoms with Gasteiger partial charge in [-0.3, -0.25) is 15.0 Å². The molecule has 2 aliphatic heterocycles. The van der Waals surface area contributed by atoms with Gasteiger partial charge in [0.15, 0.2) is 0 Å². The molecule has 1 aromatic heterocycles. The molecule has 0 bridgehead atoms. The van der Waals surface area contributed by atoms with E-state index in [1.165, 1.54) is 23.4 Å². The summed E-state index contributed by atoms with van der Waals surface area (Å²) in [6.45, 7) is 1.35. The van der Waals surface area contributed by atoms with E-state index in [1.54, 1.807) is 24.3 Å². The topological polar surface area (TPSA) is 99.9 Å². The molecule has 3 aromatic rings. The van der Waals surface area contributed by atoms with E-state index in [1.807, 2.05) is 37.3 Å². The number of rotatable bonds is 4. The molecular formula is C23H19N3O5S. The Hall–Kier alpha value is -3.85. The molecule has 2 amide bonds. The Kier molecular flexibility index (Phi) is 4.63. The van der Waals surface area contributed by atoms with Crippen LogP contribution in [0.15, 0.2) is 82.3 Å². The molecule has 8 nitrogen and oxygen atoms in total. The predicted octanol–water partition coefficient (Wildman–Crippen LogP) is 2.86. The quantitative estimate of drug-likeness (QED) is 0.658. The zero-order valence-corrected chi connectivity index (χ0v) is 17.9. The van der Waals surface area contributed by atoms with Crippen LogP contribution >= 0.6 is 0 Å². The Bertz CT molecular complexity index is 1340. The van der Waals surface area contributed by atoms with E-state index < -0.39 is 34.4 Å². The highest BCUT2D eigenvalue weighted by atomic mass is 32.2. The van der Waals surface area contributed by atoms with E-state index in [-0.39, 0.29) is 10.5 Å². The van der Waals surface area contributed by atoms with E-state index in [0.717, 1.165) is 11.1 Å². The van der Waals surface area contributed by atoms with Gasteiger partial charge < -0.3 is 4.42 Å². The smallest absolute Gasteiger partial charge is 0.269 e. The Balaban J connectivity index is 1.44. The van der Waals surface area contributed by atoms with Gasteiger partial charge in [-0.1, -0.05) is 42.0 Å². The third kappa shape index (κ3) is 3.18. The van der Waals surface area contributed by atoms with Crippen molar-refractivity contribution >= 4 is 27.5 Å². The summed E-state index contributed by atoms with van der Waals surface area (Å²) in [6, 6.07) is 16.5. The van der Waals surface area contributed by atoms with Gasteiger partial charge in [0.05, 0.1) is 17.5 Å². The second-order valence-electron chi connectivity index (χ2n) is 7.60. The number of carbonyl (C=O) groups is 2. The highest BCUT2D eigenvalue weighted by Gasteiger charge is 2.43. The van der Waals surface area contributed by atoms with Crippen molar-refractivity contribution in [1.29, 1.82) is 0 Å². The van der Waals surface area contributed by atoms with Crippen LogP contribution < -0.4 is 5.43 Å². The molecule has 0 aliphatic carbocycles. The van der Waals surface area contributed by atoms with Crippen molar-refractivity contribution in [3.63, 3.8) is 0 Å². The number of fused-ring (bicyclic) bond motifs is 1. The monoisotopic (exact) mass is 449 g/mol. The predicted molar refractivity (Wildman–Crippen MR) is 115 cm³/mol. The van der Waals surface area contributed by atoms with Crippen molar-refractivity contribution in [3.8, 4) is 0 Å². The molecule has 0 fully saturated rings. The lowest BCUT2D eigenvalue weighted by Crippen LogP contribution is -2.46. The molecule has 0 saturated carbocycles. The molecule has 2 aromatic carbocycles. The van der Waals surface area contributed by atoms with Crippen molar-refractivity contribution in [2.45, 2.75) is 17.9 Å². The lowest BCUT2D eigenvalue weighted by molar-refractivity contribution is -0.134. The average Bonchev–Trinajstić information content (AvgIpc) is 3.50. The van der Waals surface area contributed by atoms with E-state index in [2.05, 4.69) is 5.43 Å². The van der Waals surface area contributed by atoms with E-state index in [4.69, 9.17) is 4.42 Å². The highest BCUT2D eigenvalue weighted by Crippen LogP contribution is 2.34. The molecule has 2 aliphatic rings. The molecule has 0 spiro atoms. The van der Waals surface area contributed by atoms with Gasteiger partial charge in [0.25, 0.3) is 21.8 Å². The summed E-state index contributed by atoms with van der Waals surface area (Å²) in [5, 5.41) is 1.29. The van der Waals surface area contributed by atoms with Gasteiger partial charge in [-0.15, -0.1) is 0 Å². The molecule has 162 valence electrons. The Morgan fingerprint density at radius 2 is 1.81 bits per heavy atom. The number of nitrogens with zero attached hydrogens (tertiary/aromatic N) is 2. The molecule has 0 radical (unpaired) electrons. The number of hydrogen-bond acceptors (Lipinski definition) is 6. The standard InChI is InChI=1S/C23H19N3O5S/c1-15-8-10-16(11-9-15)18-13-19(20-6-4-12-31-20)26(24-18)22(27)14-25-23(28)17-5-2-3-7-21(17)32(25,29)30/h2-13,19,24H,14H2,1H3/t19-/m0/s1. The fourth-order valence-corrected chi connectivity index (χ4v) is 5.35. The van der Waals surface area contributed by atoms with Crippen LogP contribution in [0.25, 0.3) is 5.70 Å². The molecule has 1 N–H and O–H groups in total. The largest absolute Gasteiger partial charge is 0.467 e. The minimum atomic E-state index is -4.09. The number of benzene rings is 2. The lowest BCUT2D eigenvalue weighted by atomic mass is 10.1. The summed E-state index contributed by atoms with van der Waals surface area (Å²) in [5.74, 6) is -0.796. The molecule has 3 heterocycles. The summed E-state index contributed by atoms with van der Waals surface area (Å²) in [6.07, 6.45) is 3.33. The SMILES string of the molecule is Cc1ccc(C2=C[C@@H](c3ccco3)N(C(=O)CN3C(=O)c4ccccc4S3(=O)=O)N2)cc1. The summed E-state index contributed by atoms with van der Waals surface area (Å²) < 4.78 is 31.8. The van der Waals surface area contributed by atoms with Crippen LogP contribution in [0.4, 0.5) is 0 Å². The van der Waals surface area contributed by atoms with E-state index >= 15 is 0 Å². The van der Waals surface area contributed by atoms with E-state index in [0.29, 0.717) is 15.8 Å². The minimum Gasteiger partial charge on any atom is -0.467 e. The molecule has 9 heteroatoms. The number of hydrogen-bond donors (Lipinski definition) is 1. The third-order valence-corrected chi connectivity index (χ3v) is 7.29. The first kappa shape index (κ1) is 20.1. The number of furan rings is 1. The molecule has 32 heavy (non-hydrogen) atoms. The maximum absolute atomic E-state index is 13.3. The van der Waals surface area contributed by atoms with Crippen LogP contribution in [-0.4, -0.2) is 36.1 Å². The fraction of sp³-hybridized carbons (Fsp3) is 0.130. The Morgan fingerprint density at radius 1 is 1.06 bits per heavy atom. The zero-order valence-electron chi connectivity index (χ0n) is 17.1. The normalized spacial score (nSPS) is 19.0. The van der Waals surface area contributed by atoms with Crippen LogP contribution in [-0.2, 0) is 14.8 Å². The summed E-state index contributed by atoms with van der Waals surface area (Å²) in [7, 11) is -4.09. The lowest BCUT2D eigenvalue weighted by Gasteiger charge is -2.26. The van der Waals surface area contributed by atoms with Gasteiger partial charge >= 0.3 is 0 Å². The van der Waals surface area contributed by atoms with Crippen LogP contribution in [0.2, 0.25) is 0 Å². The first-order valence-corrected chi connectivity index (χ1v) is 11.4. The molecular weight excluding hydrogens is 430 g/mol. The highest BCUT2D eigenvalue weighted by molar-refractivity contribution is 7.90. The van der Waals surface area contributed by atoms with Gasteiger partial charge in [0, 0.05) is 0 Å². The van der Waals surface area contributed by atoms with Gasteiger partial charge in [0.2, 0.25) is 0 Å². The number of hydrazine groups is 1. The Labute approximate surface area is 184 Å². The third-order valence-electron chi connectivity index (χ3n) is 5.50. The minimum absolute atomic E-state index is 0.0655. The van der Waals surface area contributed by atoms with Crippen molar-refractivity contribution < 1.29 is 22.4 Å². The van der Waals surface area contributed by atoms with Gasteiger partial charge in [-0.25, -0.2) is 17.7 Å². The second-order valence-corrected chi connectivity index (χ2v) is 9.43. The van der Waals surface area contributed by atoms with Crippen molar-refractivity contribution in [1.82, 2.24) is 14.7 Å². The van der Waals surface area contributed by atoms with Crippen molar-refractivity contribution in [2.75, 3.05) is 6.54 Å². The van der Waals surface area contributed by atoms with Crippen LogP contribution in [0.3, 0.4) is 0 Å². The summed E-state index contributed by atoms with van der Waals surface area (Å²) in [4.78, 5) is 25.9. The average molecular weight is 449 g/mol. The number of sulfonamides is 1. The Morgan fingerprint density at radius 3 is 2.50 bits per heavy atom. The number of amides is 2. The maximum atomic E-state index is 13.3. The number of aryl methyl sites for hydroxylation is 1. The zero-order chi connectivity index (χ0) is 22.5. The van der Waals surface area contributed by atoms with Crippen LogP contribution in [0.1, 0.15) is 33.3 Å². The summed E-state index contributed by atoms with van der Waals surface area (Å²) in [5.41, 5.74) is 5.76. The van der Waals surface area contributed by atoms with Crippen LogP contribution in [0, 0.1) is 6.92 Å². The van der Waals surface area contributed by atoms with Crippen LogP contribution in [0.5, 0.6) is 0 Å². The first-order valence-electron chi connectivity index (χ1n) is 9.93. The first-order chi connectivity index (χ1) is 15.4. The fourth-order valence-electron chi connectivity index (χ4n) is 3.84. The number of nitrogens with one attached hydrogen (secondary N) is 1. The number of carbonyl (C=O) groups excluding carboxylic acids is 2. The van der Waals surface area contributed by atoms with Crippen molar-refractivity contribution in [2.24, 2.45) is 0 Å². The molecule has 0 unspecified atom stereocenters. The van der Waals surface area contributed by atoms with Gasteiger partial charge in [-0.2, -0.15) is 0 Å². The van der Waals surface area contributed by atoms with Crippen molar-refractivity contribution in [3.05, 3.63) is 95.5 Å². The summed E-state index contributed by atoms with van der Waals surface area (Å²) >= 11 is 0. The van der Waals surface area contributed by atoms with E-state index in [9.17, 15) is 18.0 Å². The van der Waals surface area contributed by atoms with Gasteiger partial charge in [-0.05, 0) is 42.8 Å². The molecule has 1 atom stereocenters. The van der Waals surface area contributed by atoms with Gasteiger partial charge in [0.1, 0.15) is 23.2 Å². The second kappa shape index (κ2) is 7.38. The maximum Gasteiger partial charge on any atom is 0.269 e. The molecule has 0 saturated heterocycles.